The molecule has 5 heteroatoms. The van der Waals surface area contributed by atoms with Crippen LogP contribution >= 0.6 is 0 Å². The highest BCUT2D eigenvalue weighted by molar-refractivity contribution is 5.82. The van der Waals surface area contributed by atoms with Gasteiger partial charge >= 0.3 is 12.1 Å². The van der Waals surface area contributed by atoms with E-state index in [1.807, 2.05) is 0 Å². The van der Waals surface area contributed by atoms with Gasteiger partial charge in [-0.2, -0.15) is 13.2 Å². The second-order valence-corrected chi connectivity index (χ2v) is 2.34. The summed E-state index contributed by atoms with van der Waals surface area (Å²) in [6, 6.07) is -0.716. The number of hydrogen-bond donors (Lipinski definition) is 1. The first-order valence-electron chi connectivity index (χ1n) is 3.53. The Morgan fingerprint density at radius 2 is 2.00 bits per heavy atom. The maximum absolute atomic E-state index is 11.7. The second kappa shape index (κ2) is 4.69. The molecule has 0 aliphatic rings. The van der Waals surface area contributed by atoms with Crippen LogP contribution in [0.1, 0.15) is 6.42 Å². The number of carbonyl (C=O) groups excluding carboxylic acids is 1. The van der Waals surface area contributed by atoms with Crippen LogP contribution in [0.25, 0.3) is 0 Å². The summed E-state index contributed by atoms with van der Waals surface area (Å²) in [6.07, 6.45) is -1.98. The van der Waals surface area contributed by atoms with Crippen LogP contribution in [0.4, 0.5) is 13.2 Å². The largest absolute Gasteiger partial charge is 0.471 e. The molecule has 0 aliphatic heterocycles. The van der Waals surface area contributed by atoms with E-state index in [1.165, 1.54) is 12.2 Å². The molecule has 0 aromatic heterocycles. The highest BCUT2D eigenvalue weighted by atomic mass is 19.4. The molecule has 0 bridgehead atoms. The Morgan fingerprint density at radius 3 is 2.31 bits per heavy atom. The average Bonchev–Trinajstić information content (AvgIpc) is 2.01. The van der Waals surface area contributed by atoms with Crippen molar-refractivity contribution in [2.45, 2.75) is 18.6 Å². The molecule has 0 saturated heterocycles. The highest BCUT2D eigenvalue weighted by Crippen LogP contribution is 2.14. The van der Waals surface area contributed by atoms with Gasteiger partial charge in [0.25, 0.3) is 0 Å². The number of alkyl halides is 3. The molecule has 0 aromatic rings. The van der Waals surface area contributed by atoms with Crippen molar-refractivity contribution in [3.8, 4) is 0 Å². The van der Waals surface area contributed by atoms with Gasteiger partial charge in [-0.05, 0) is 6.42 Å². The van der Waals surface area contributed by atoms with Gasteiger partial charge < -0.3 is 5.32 Å². The summed E-state index contributed by atoms with van der Waals surface area (Å²) in [7, 11) is 0. The first-order valence-corrected chi connectivity index (χ1v) is 3.53. The van der Waals surface area contributed by atoms with Crippen LogP contribution in [0.15, 0.2) is 25.3 Å². The first kappa shape index (κ1) is 11.7. The third-order valence-corrected chi connectivity index (χ3v) is 1.28. The van der Waals surface area contributed by atoms with E-state index in [0.717, 1.165) is 0 Å². The van der Waals surface area contributed by atoms with Gasteiger partial charge in [0.15, 0.2) is 0 Å². The molecule has 0 saturated carbocycles. The quantitative estimate of drug-likeness (QED) is 0.677. The molecule has 13 heavy (non-hydrogen) atoms. The van der Waals surface area contributed by atoms with Crippen LogP contribution in [0.2, 0.25) is 0 Å². The summed E-state index contributed by atoms with van der Waals surface area (Å²) in [4.78, 5) is 10.4. The predicted octanol–water partition coefficient (Wildman–Crippen LogP) is 1.80. The Balaban J connectivity index is 4.16. The molecular weight excluding hydrogens is 183 g/mol. The zero-order valence-corrected chi connectivity index (χ0v) is 6.90. The van der Waals surface area contributed by atoms with Gasteiger partial charge in [0.05, 0.1) is 6.04 Å². The van der Waals surface area contributed by atoms with E-state index >= 15 is 0 Å². The molecule has 74 valence electrons. The number of rotatable bonds is 4. The lowest BCUT2D eigenvalue weighted by Gasteiger charge is -2.13. The Bertz CT molecular complexity index is 210. The minimum atomic E-state index is -4.84. The normalized spacial score (nSPS) is 13.2. The number of carbonyl (C=O) groups is 1. The highest BCUT2D eigenvalue weighted by Gasteiger charge is 2.39. The summed E-state index contributed by atoms with van der Waals surface area (Å²) in [5.74, 6) is -1.96. The van der Waals surface area contributed by atoms with E-state index in [-0.39, 0.29) is 6.42 Å². The summed E-state index contributed by atoms with van der Waals surface area (Å²) in [6.45, 7) is 6.62. The van der Waals surface area contributed by atoms with Gasteiger partial charge in [0.2, 0.25) is 0 Å². The summed E-state index contributed by atoms with van der Waals surface area (Å²) in [5, 5.41) is 1.75. The van der Waals surface area contributed by atoms with Gasteiger partial charge in [-0.1, -0.05) is 12.2 Å². The van der Waals surface area contributed by atoms with Crippen LogP contribution in [0.5, 0.6) is 0 Å². The van der Waals surface area contributed by atoms with Crippen LogP contribution in [-0.2, 0) is 4.79 Å². The average molecular weight is 193 g/mol. The molecule has 0 heterocycles. The van der Waals surface area contributed by atoms with Crippen molar-refractivity contribution in [2.75, 3.05) is 0 Å². The molecule has 1 amide bonds. The van der Waals surface area contributed by atoms with E-state index in [2.05, 4.69) is 13.2 Å². The molecule has 0 aromatic carbocycles. The Kier molecular flexibility index (Phi) is 4.23. The number of nitrogens with one attached hydrogen (secondary N) is 1. The van der Waals surface area contributed by atoms with Crippen molar-refractivity contribution >= 4 is 5.91 Å². The molecule has 1 atom stereocenters. The zero-order chi connectivity index (χ0) is 10.5. The molecule has 2 nitrogen and oxygen atoms in total. The maximum Gasteiger partial charge on any atom is 0.471 e. The van der Waals surface area contributed by atoms with E-state index in [4.69, 9.17) is 0 Å². The van der Waals surface area contributed by atoms with Crippen LogP contribution in [0, 0.1) is 0 Å². The van der Waals surface area contributed by atoms with Crippen LogP contribution < -0.4 is 5.32 Å². The van der Waals surface area contributed by atoms with Crippen LogP contribution in [0.3, 0.4) is 0 Å². The third-order valence-electron chi connectivity index (χ3n) is 1.28. The Hall–Kier alpha value is -1.26. The SMILES string of the molecule is C=CCC(C=C)NC(=O)C(F)(F)F. The Labute approximate surface area is 74.1 Å². The molecule has 0 spiro atoms. The maximum atomic E-state index is 11.7. The van der Waals surface area contributed by atoms with Crippen molar-refractivity contribution in [2.24, 2.45) is 0 Å². The number of amides is 1. The van der Waals surface area contributed by atoms with E-state index in [1.54, 1.807) is 5.32 Å². The fourth-order valence-corrected chi connectivity index (χ4v) is 0.644. The zero-order valence-electron chi connectivity index (χ0n) is 6.90. The smallest absolute Gasteiger partial charge is 0.342 e. The first-order chi connectivity index (χ1) is 5.91. The van der Waals surface area contributed by atoms with Crippen molar-refractivity contribution in [3.63, 3.8) is 0 Å². The standard InChI is InChI=1S/C8H10F3NO/c1-3-5-6(4-2)12-7(13)8(9,10)11/h3-4,6H,1-2,5H2,(H,12,13). The van der Waals surface area contributed by atoms with Crippen molar-refractivity contribution < 1.29 is 18.0 Å². The van der Waals surface area contributed by atoms with Gasteiger partial charge in [-0.15, -0.1) is 13.2 Å². The summed E-state index contributed by atoms with van der Waals surface area (Å²) in [5.41, 5.74) is 0. The van der Waals surface area contributed by atoms with E-state index in [0.29, 0.717) is 0 Å². The second-order valence-electron chi connectivity index (χ2n) is 2.34. The van der Waals surface area contributed by atoms with Gasteiger partial charge in [0.1, 0.15) is 0 Å². The van der Waals surface area contributed by atoms with Crippen molar-refractivity contribution in [3.05, 3.63) is 25.3 Å². The topological polar surface area (TPSA) is 29.1 Å². The molecule has 0 radical (unpaired) electrons. The van der Waals surface area contributed by atoms with E-state index in [9.17, 15) is 18.0 Å². The van der Waals surface area contributed by atoms with Gasteiger partial charge in [-0.3, -0.25) is 4.79 Å². The molecule has 0 aliphatic carbocycles. The summed E-state index contributed by atoms with van der Waals surface area (Å²) < 4.78 is 35.1. The molecule has 1 N–H and O–H groups in total. The monoisotopic (exact) mass is 193 g/mol. The molecule has 1 unspecified atom stereocenters. The number of halogens is 3. The predicted molar refractivity (Wildman–Crippen MR) is 43.0 cm³/mol. The van der Waals surface area contributed by atoms with Gasteiger partial charge in [0, 0.05) is 0 Å². The minimum Gasteiger partial charge on any atom is -0.342 e. The lowest BCUT2D eigenvalue weighted by Crippen LogP contribution is -2.42. The fourth-order valence-electron chi connectivity index (χ4n) is 0.644. The third kappa shape index (κ3) is 4.35. The van der Waals surface area contributed by atoms with Crippen molar-refractivity contribution in [1.29, 1.82) is 0 Å². The van der Waals surface area contributed by atoms with E-state index < -0.39 is 18.1 Å². The number of hydrogen-bond acceptors (Lipinski definition) is 1. The van der Waals surface area contributed by atoms with Gasteiger partial charge in [-0.25, -0.2) is 0 Å². The van der Waals surface area contributed by atoms with Crippen molar-refractivity contribution in [1.82, 2.24) is 5.32 Å². The summed E-state index contributed by atoms with van der Waals surface area (Å²) >= 11 is 0. The molecular formula is C8H10F3NO. The lowest BCUT2D eigenvalue weighted by atomic mass is 10.2. The molecule has 0 rings (SSSR count). The Morgan fingerprint density at radius 1 is 1.46 bits per heavy atom. The molecule has 0 fully saturated rings. The lowest BCUT2D eigenvalue weighted by molar-refractivity contribution is -0.174. The minimum absolute atomic E-state index is 0.228. The van der Waals surface area contributed by atoms with Crippen LogP contribution in [-0.4, -0.2) is 18.1 Å². The fraction of sp³-hybridized carbons (Fsp3) is 0.375.